The molecular weight excluding hydrogens is 365 g/mol. The molecule has 0 aromatic carbocycles. The van der Waals surface area contributed by atoms with Crippen LogP contribution in [0.15, 0.2) is 12.1 Å². The summed E-state index contributed by atoms with van der Waals surface area (Å²) in [7, 11) is 1.71. The molecule has 1 unspecified atom stereocenters. The topological polar surface area (TPSA) is 79.1 Å². The molecule has 1 atom stereocenters. The van der Waals surface area contributed by atoms with Crippen molar-refractivity contribution >= 4 is 5.97 Å². The number of carbonyl (C=O) groups excluding carboxylic acids is 1. The van der Waals surface area contributed by atoms with Crippen LogP contribution in [0.1, 0.15) is 53.7 Å². The molecule has 0 saturated heterocycles. The molecule has 2 aromatic heterocycles. The number of carbonyl (C=O) groups is 1. The zero-order chi connectivity index (χ0) is 20.2. The first-order valence-corrected chi connectivity index (χ1v) is 8.34. The first kappa shape index (κ1) is 20.8. The van der Waals surface area contributed by atoms with Gasteiger partial charge in [0, 0.05) is 7.05 Å². The lowest BCUT2D eigenvalue weighted by Crippen LogP contribution is -2.19. The Morgan fingerprint density at radius 3 is 2.52 bits per heavy atom. The third-order valence-electron chi connectivity index (χ3n) is 3.86. The summed E-state index contributed by atoms with van der Waals surface area (Å²) in [6.07, 6.45) is -4.42. The first-order valence-electron chi connectivity index (χ1n) is 8.34. The van der Waals surface area contributed by atoms with Gasteiger partial charge in [-0.2, -0.15) is 18.3 Å². The van der Waals surface area contributed by atoms with Gasteiger partial charge in [-0.1, -0.05) is 6.92 Å². The van der Waals surface area contributed by atoms with E-state index in [0.29, 0.717) is 18.1 Å². The number of esters is 1. The maximum absolute atomic E-state index is 13.0. The molecule has 2 heterocycles. The predicted octanol–water partition coefficient (Wildman–Crippen LogP) is 3.21. The van der Waals surface area contributed by atoms with Gasteiger partial charge in [0.15, 0.2) is 5.82 Å². The number of alkyl halides is 3. The number of aromatic nitrogens is 4. The van der Waals surface area contributed by atoms with Crippen molar-refractivity contribution < 1.29 is 27.4 Å². The van der Waals surface area contributed by atoms with Crippen molar-refractivity contribution in [2.45, 2.75) is 52.7 Å². The van der Waals surface area contributed by atoms with Crippen molar-refractivity contribution in [3.05, 3.63) is 40.7 Å². The highest BCUT2D eigenvalue weighted by molar-refractivity contribution is 5.90. The normalized spacial score (nSPS) is 12.9. The molecule has 148 valence electrons. The summed E-state index contributed by atoms with van der Waals surface area (Å²) in [5.74, 6) is 0.310. The molecule has 0 N–H and O–H groups in total. The number of nitrogens with zero attached hydrogens (tertiary/aromatic N) is 4. The fourth-order valence-electron chi connectivity index (χ4n) is 2.11. The smallest absolute Gasteiger partial charge is 0.433 e. The first-order chi connectivity index (χ1) is 12.6. The van der Waals surface area contributed by atoms with E-state index in [4.69, 9.17) is 9.47 Å². The van der Waals surface area contributed by atoms with Gasteiger partial charge in [0.2, 0.25) is 0 Å². The number of halogens is 3. The molecule has 0 aliphatic carbocycles. The second-order valence-corrected chi connectivity index (χ2v) is 6.00. The quantitative estimate of drug-likeness (QED) is 0.680. The summed E-state index contributed by atoms with van der Waals surface area (Å²) in [5.41, 5.74) is -1.31. The number of pyridine rings is 1. The van der Waals surface area contributed by atoms with E-state index in [0.717, 1.165) is 12.1 Å². The van der Waals surface area contributed by atoms with Crippen molar-refractivity contribution in [3.8, 4) is 0 Å². The fourth-order valence-corrected chi connectivity index (χ4v) is 2.11. The molecule has 0 amide bonds. The number of hydrogen-bond donors (Lipinski definition) is 0. The number of rotatable bonds is 7. The van der Waals surface area contributed by atoms with Gasteiger partial charge in [-0.05, 0) is 32.4 Å². The standard InChI is InChI=1S/C17H21F3N4O3/c1-5-10(2)27-16(25)12-6-7-14(17(18,19)20)22-13(12)8-26-9-15-21-11(3)24(4)23-15/h6-7,10H,5,8-9H2,1-4H3. The van der Waals surface area contributed by atoms with Gasteiger partial charge in [0.1, 0.15) is 18.1 Å². The SMILES string of the molecule is CCC(C)OC(=O)c1ccc(C(F)(F)F)nc1COCc1nc(C)n(C)n1. The average Bonchev–Trinajstić information content (AvgIpc) is 2.91. The van der Waals surface area contributed by atoms with Crippen molar-refractivity contribution in [2.24, 2.45) is 7.05 Å². The molecule has 0 aliphatic heterocycles. The summed E-state index contributed by atoms with van der Waals surface area (Å²) >= 11 is 0. The van der Waals surface area contributed by atoms with E-state index in [1.54, 1.807) is 25.6 Å². The maximum atomic E-state index is 13.0. The van der Waals surface area contributed by atoms with E-state index < -0.39 is 17.8 Å². The Labute approximate surface area is 154 Å². The third kappa shape index (κ3) is 5.49. The number of ether oxygens (including phenoxy) is 2. The Morgan fingerprint density at radius 1 is 1.26 bits per heavy atom. The fraction of sp³-hybridized carbons (Fsp3) is 0.529. The van der Waals surface area contributed by atoms with E-state index in [1.807, 2.05) is 6.92 Å². The summed E-state index contributed by atoms with van der Waals surface area (Å²) in [4.78, 5) is 19.9. The summed E-state index contributed by atoms with van der Waals surface area (Å²) in [6, 6.07) is 1.81. The second kappa shape index (κ2) is 8.47. The van der Waals surface area contributed by atoms with E-state index in [2.05, 4.69) is 15.1 Å². The van der Waals surface area contributed by atoms with Gasteiger partial charge >= 0.3 is 12.1 Å². The van der Waals surface area contributed by atoms with E-state index in [-0.39, 0.29) is 30.6 Å². The summed E-state index contributed by atoms with van der Waals surface area (Å²) < 4.78 is 51.0. The van der Waals surface area contributed by atoms with Crippen LogP contribution in [-0.2, 0) is 35.9 Å². The minimum atomic E-state index is -4.63. The molecular formula is C17H21F3N4O3. The van der Waals surface area contributed by atoms with Crippen LogP contribution < -0.4 is 0 Å². The van der Waals surface area contributed by atoms with Crippen molar-refractivity contribution in [2.75, 3.05) is 0 Å². The van der Waals surface area contributed by atoms with Gasteiger partial charge in [-0.25, -0.2) is 14.8 Å². The molecule has 0 spiro atoms. The lowest BCUT2D eigenvalue weighted by Gasteiger charge is -2.15. The molecule has 27 heavy (non-hydrogen) atoms. The monoisotopic (exact) mass is 386 g/mol. The van der Waals surface area contributed by atoms with E-state index in [1.165, 1.54) is 0 Å². The average molecular weight is 386 g/mol. The molecule has 0 aliphatic rings. The number of aryl methyl sites for hydroxylation is 2. The van der Waals surface area contributed by atoms with Gasteiger partial charge in [-0.3, -0.25) is 4.68 Å². The van der Waals surface area contributed by atoms with Crippen molar-refractivity contribution in [1.82, 2.24) is 19.7 Å². The molecule has 10 heteroatoms. The van der Waals surface area contributed by atoms with E-state index in [9.17, 15) is 18.0 Å². The van der Waals surface area contributed by atoms with Gasteiger partial charge < -0.3 is 9.47 Å². The van der Waals surface area contributed by atoms with Crippen LogP contribution in [0.4, 0.5) is 13.2 Å². The van der Waals surface area contributed by atoms with Crippen LogP contribution in [0, 0.1) is 6.92 Å². The van der Waals surface area contributed by atoms with Crippen LogP contribution in [-0.4, -0.2) is 31.8 Å². The Balaban J connectivity index is 2.19. The highest BCUT2D eigenvalue weighted by Crippen LogP contribution is 2.28. The number of hydrogen-bond acceptors (Lipinski definition) is 6. The van der Waals surface area contributed by atoms with Gasteiger partial charge in [-0.15, -0.1) is 0 Å². The Kier molecular flexibility index (Phi) is 6.53. The predicted molar refractivity (Wildman–Crippen MR) is 88.6 cm³/mol. The molecule has 2 aromatic rings. The Hall–Kier alpha value is -2.49. The zero-order valence-corrected chi connectivity index (χ0v) is 15.5. The molecule has 0 saturated carbocycles. The molecule has 7 nitrogen and oxygen atoms in total. The molecule has 0 radical (unpaired) electrons. The second-order valence-electron chi connectivity index (χ2n) is 6.00. The largest absolute Gasteiger partial charge is 0.459 e. The van der Waals surface area contributed by atoms with E-state index >= 15 is 0 Å². The Bertz CT molecular complexity index is 786. The third-order valence-corrected chi connectivity index (χ3v) is 3.86. The maximum Gasteiger partial charge on any atom is 0.433 e. The van der Waals surface area contributed by atoms with Crippen LogP contribution in [0.5, 0.6) is 0 Å². The molecule has 0 bridgehead atoms. The lowest BCUT2D eigenvalue weighted by atomic mass is 10.1. The molecule has 2 rings (SSSR count). The van der Waals surface area contributed by atoms with Crippen LogP contribution >= 0.6 is 0 Å². The van der Waals surface area contributed by atoms with Crippen molar-refractivity contribution in [1.29, 1.82) is 0 Å². The Morgan fingerprint density at radius 2 is 1.96 bits per heavy atom. The zero-order valence-electron chi connectivity index (χ0n) is 15.5. The summed E-state index contributed by atoms with van der Waals surface area (Å²) in [6.45, 7) is 4.94. The summed E-state index contributed by atoms with van der Waals surface area (Å²) in [5, 5.41) is 4.09. The van der Waals surface area contributed by atoms with Gasteiger partial charge in [0.05, 0.1) is 24.0 Å². The van der Waals surface area contributed by atoms with Crippen LogP contribution in [0.3, 0.4) is 0 Å². The van der Waals surface area contributed by atoms with Crippen LogP contribution in [0.2, 0.25) is 0 Å². The highest BCUT2D eigenvalue weighted by atomic mass is 19.4. The lowest BCUT2D eigenvalue weighted by molar-refractivity contribution is -0.141. The van der Waals surface area contributed by atoms with Crippen molar-refractivity contribution in [3.63, 3.8) is 0 Å². The minimum Gasteiger partial charge on any atom is -0.459 e. The minimum absolute atomic E-state index is 0.0283. The molecule has 0 fully saturated rings. The van der Waals surface area contributed by atoms with Crippen LogP contribution in [0.25, 0.3) is 0 Å². The van der Waals surface area contributed by atoms with Gasteiger partial charge in [0.25, 0.3) is 0 Å². The highest BCUT2D eigenvalue weighted by Gasteiger charge is 2.33.